The van der Waals surface area contributed by atoms with E-state index in [1.807, 2.05) is 89.2 Å². The summed E-state index contributed by atoms with van der Waals surface area (Å²) in [5.74, 6) is -0.300. The molecule has 1 atom stereocenters. The predicted molar refractivity (Wildman–Crippen MR) is 189 cm³/mol. The monoisotopic (exact) mass is 671 g/mol. The molecule has 4 rings (SSSR count). The SMILES string of the molecule is COc1ccc(OC)c(N(CC(=O)N(Cc2ccccc2C)[C@@H](Cc2ccccc2)C(=O)NC(C)(C)C)S(=O)(=O)c2ccc(C)cc2)c1. The van der Waals surface area contributed by atoms with Gasteiger partial charge in [0, 0.05) is 24.6 Å². The zero-order valence-electron chi connectivity index (χ0n) is 28.7. The molecule has 0 aliphatic rings. The lowest BCUT2D eigenvalue weighted by Crippen LogP contribution is -2.56. The van der Waals surface area contributed by atoms with Crippen molar-refractivity contribution in [2.24, 2.45) is 0 Å². The number of nitrogens with zero attached hydrogens (tertiary/aromatic N) is 2. The molecule has 0 aliphatic heterocycles. The average molecular weight is 672 g/mol. The summed E-state index contributed by atoms with van der Waals surface area (Å²) >= 11 is 0. The van der Waals surface area contributed by atoms with Crippen LogP contribution in [0.4, 0.5) is 5.69 Å². The third kappa shape index (κ3) is 8.95. The quantitative estimate of drug-likeness (QED) is 0.185. The molecule has 4 aromatic rings. The number of sulfonamides is 1. The van der Waals surface area contributed by atoms with Crippen LogP contribution in [0.15, 0.2) is 102 Å². The summed E-state index contributed by atoms with van der Waals surface area (Å²) in [5, 5.41) is 3.05. The molecular formula is C38H45N3O6S. The zero-order valence-corrected chi connectivity index (χ0v) is 29.5. The molecule has 0 bridgehead atoms. The number of anilines is 1. The molecule has 9 nitrogen and oxygen atoms in total. The highest BCUT2D eigenvalue weighted by Crippen LogP contribution is 2.36. The molecule has 0 fully saturated rings. The predicted octanol–water partition coefficient (Wildman–Crippen LogP) is 6.07. The highest BCUT2D eigenvalue weighted by atomic mass is 32.2. The van der Waals surface area contributed by atoms with E-state index >= 15 is 0 Å². The van der Waals surface area contributed by atoms with Crippen LogP contribution in [0.3, 0.4) is 0 Å². The highest BCUT2D eigenvalue weighted by molar-refractivity contribution is 7.92. The summed E-state index contributed by atoms with van der Waals surface area (Å²) < 4.78 is 41.0. The van der Waals surface area contributed by atoms with E-state index < -0.39 is 34.1 Å². The number of benzene rings is 4. The number of amides is 2. The fraction of sp³-hybridized carbons (Fsp3) is 0.316. The van der Waals surface area contributed by atoms with Crippen LogP contribution in [-0.4, -0.2) is 57.5 Å². The molecule has 0 saturated carbocycles. The van der Waals surface area contributed by atoms with E-state index in [-0.39, 0.29) is 35.2 Å². The third-order valence-electron chi connectivity index (χ3n) is 7.91. The number of ether oxygens (including phenoxy) is 2. The van der Waals surface area contributed by atoms with Crippen molar-refractivity contribution >= 4 is 27.5 Å². The van der Waals surface area contributed by atoms with E-state index in [2.05, 4.69) is 5.32 Å². The Labute approximate surface area is 284 Å². The molecule has 2 amide bonds. The number of carbonyl (C=O) groups is 2. The normalized spacial score (nSPS) is 12.1. The highest BCUT2D eigenvalue weighted by Gasteiger charge is 2.36. The summed E-state index contributed by atoms with van der Waals surface area (Å²) in [5.41, 5.74) is 3.04. The number of nitrogens with one attached hydrogen (secondary N) is 1. The third-order valence-corrected chi connectivity index (χ3v) is 9.69. The maximum atomic E-state index is 14.8. The second kappa shape index (κ2) is 15.4. The van der Waals surface area contributed by atoms with Gasteiger partial charge < -0.3 is 19.7 Å². The van der Waals surface area contributed by atoms with Crippen molar-refractivity contribution in [1.29, 1.82) is 0 Å². The van der Waals surface area contributed by atoms with Crippen LogP contribution < -0.4 is 19.1 Å². The largest absolute Gasteiger partial charge is 0.497 e. The van der Waals surface area contributed by atoms with Crippen LogP contribution >= 0.6 is 0 Å². The molecule has 0 spiro atoms. The summed E-state index contributed by atoms with van der Waals surface area (Å²) in [6.07, 6.45) is 0.216. The van der Waals surface area contributed by atoms with Crippen LogP contribution in [-0.2, 0) is 32.6 Å². The molecule has 10 heteroatoms. The van der Waals surface area contributed by atoms with Crippen molar-refractivity contribution in [3.05, 3.63) is 119 Å². The number of methoxy groups -OCH3 is 2. The van der Waals surface area contributed by atoms with E-state index in [9.17, 15) is 18.0 Å². The van der Waals surface area contributed by atoms with Crippen LogP contribution in [0, 0.1) is 13.8 Å². The van der Waals surface area contributed by atoms with E-state index in [1.54, 1.807) is 24.3 Å². The summed E-state index contributed by atoms with van der Waals surface area (Å²) in [6.45, 7) is 8.90. The minimum absolute atomic E-state index is 0.00235. The maximum Gasteiger partial charge on any atom is 0.264 e. The van der Waals surface area contributed by atoms with Gasteiger partial charge in [0.25, 0.3) is 10.0 Å². The fourth-order valence-corrected chi connectivity index (χ4v) is 6.74. The Hall–Kier alpha value is -4.83. The van der Waals surface area contributed by atoms with E-state index in [4.69, 9.17) is 9.47 Å². The van der Waals surface area contributed by atoms with Gasteiger partial charge in [0.05, 0.1) is 24.8 Å². The lowest BCUT2D eigenvalue weighted by molar-refractivity contribution is -0.140. The number of aryl methyl sites for hydroxylation is 2. The molecule has 0 saturated heterocycles. The number of hydrogen-bond acceptors (Lipinski definition) is 6. The molecule has 0 radical (unpaired) electrons. The number of rotatable bonds is 13. The first-order valence-electron chi connectivity index (χ1n) is 15.7. The molecule has 0 unspecified atom stereocenters. The van der Waals surface area contributed by atoms with Crippen molar-refractivity contribution < 1.29 is 27.5 Å². The Balaban J connectivity index is 1.89. The van der Waals surface area contributed by atoms with Crippen LogP contribution in [0.1, 0.15) is 43.0 Å². The van der Waals surface area contributed by atoms with Crippen LogP contribution in [0.25, 0.3) is 0 Å². The number of hydrogen-bond donors (Lipinski definition) is 1. The van der Waals surface area contributed by atoms with Crippen molar-refractivity contribution in [2.75, 3.05) is 25.1 Å². The molecular weight excluding hydrogens is 627 g/mol. The first-order chi connectivity index (χ1) is 22.7. The molecule has 0 aliphatic carbocycles. The smallest absolute Gasteiger partial charge is 0.264 e. The molecule has 1 N–H and O–H groups in total. The minimum atomic E-state index is -4.32. The fourth-order valence-electron chi connectivity index (χ4n) is 5.32. The summed E-state index contributed by atoms with van der Waals surface area (Å²) in [4.78, 5) is 30.4. The Morgan fingerprint density at radius 3 is 2.08 bits per heavy atom. The van der Waals surface area contributed by atoms with Crippen molar-refractivity contribution in [3.8, 4) is 11.5 Å². The van der Waals surface area contributed by atoms with Gasteiger partial charge in [-0.3, -0.25) is 13.9 Å². The number of carbonyl (C=O) groups excluding carboxylic acids is 2. The Morgan fingerprint density at radius 2 is 1.48 bits per heavy atom. The first-order valence-corrected chi connectivity index (χ1v) is 17.2. The lowest BCUT2D eigenvalue weighted by atomic mass is 10.00. The standard InChI is InChI=1S/C38H45N3O6S/c1-27-17-20-32(21-18-27)48(44,45)41(33-24-31(46-6)19-22-35(33)47-7)26-36(42)40(25-30-16-12-11-13-28(30)2)34(37(43)39-38(3,4)5)23-29-14-9-8-10-15-29/h8-22,24,34H,23,25-26H2,1-7H3,(H,39,43)/t34-/m0/s1. The van der Waals surface area contributed by atoms with E-state index in [1.165, 1.54) is 37.3 Å². The van der Waals surface area contributed by atoms with Crippen molar-refractivity contribution in [3.63, 3.8) is 0 Å². The molecule has 48 heavy (non-hydrogen) atoms. The van der Waals surface area contributed by atoms with Gasteiger partial charge in [-0.25, -0.2) is 8.42 Å². The second-order valence-corrected chi connectivity index (χ2v) is 14.6. The van der Waals surface area contributed by atoms with Gasteiger partial charge in [-0.2, -0.15) is 0 Å². The topological polar surface area (TPSA) is 105 Å². The Kier molecular flexibility index (Phi) is 11.5. The van der Waals surface area contributed by atoms with Crippen molar-refractivity contribution in [1.82, 2.24) is 10.2 Å². The van der Waals surface area contributed by atoms with E-state index in [0.717, 1.165) is 26.6 Å². The molecule has 0 aromatic heterocycles. The van der Waals surface area contributed by atoms with Crippen LogP contribution in [0.5, 0.6) is 11.5 Å². The average Bonchev–Trinajstić information content (AvgIpc) is 3.05. The van der Waals surface area contributed by atoms with E-state index in [0.29, 0.717) is 5.75 Å². The molecule has 0 heterocycles. The maximum absolute atomic E-state index is 14.8. The van der Waals surface area contributed by atoms with Gasteiger partial charge in [-0.1, -0.05) is 72.3 Å². The molecule has 254 valence electrons. The van der Waals surface area contributed by atoms with Gasteiger partial charge >= 0.3 is 0 Å². The Morgan fingerprint density at radius 1 is 0.833 bits per heavy atom. The lowest BCUT2D eigenvalue weighted by Gasteiger charge is -2.35. The van der Waals surface area contributed by atoms with Gasteiger partial charge in [-0.05, 0) is 75.6 Å². The second-order valence-electron chi connectivity index (χ2n) is 12.8. The van der Waals surface area contributed by atoms with Gasteiger partial charge in [0.2, 0.25) is 11.8 Å². The first kappa shape index (κ1) is 36.0. The summed E-state index contributed by atoms with van der Waals surface area (Å²) in [7, 11) is -1.42. The van der Waals surface area contributed by atoms with Gasteiger partial charge in [-0.15, -0.1) is 0 Å². The Bertz CT molecular complexity index is 1820. The van der Waals surface area contributed by atoms with Gasteiger partial charge in [0.1, 0.15) is 24.1 Å². The molecule has 4 aromatic carbocycles. The van der Waals surface area contributed by atoms with Crippen LogP contribution in [0.2, 0.25) is 0 Å². The van der Waals surface area contributed by atoms with Crippen molar-refractivity contribution in [2.45, 2.75) is 64.1 Å². The summed E-state index contributed by atoms with van der Waals surface area (Å²) in [6, 6.07) is 27.3. The zero-order chi connectivity index (χ0) is 35.1. The van der Waals surface area contributed by atoms with Gasteiger partial charge in [0.15, 0.2) is 0 Å². The minimum Gasteiger partial charge on any atom is -0.497 e.